The highest BCUT2D eigenvalue weighted by Crippen LogP contribution is 2.22. The minimum absolute atomic E-state index is 0.284. The van der Waals surface area contributed by atoms with Crippen molar-refractivity contribution < 1.29 is 44.2 Å². The summed E-state index contributed by atoms with van der Waals surface area (Å²) in [5.74, 6) is 0. The van der Waals surface area contributed by atoms with Gasteiger partial charge in [0.2, 0.25) is 0 Å². The van der Waals surface area contributed by atoms with Crippen LogP contribution in [0.1, 0.15) is 6.42 Å². The zero-order valence-electron chi connectivity index (χ0n) is 9.32. The molecule has 0 aliphatic carbocycles. The van der Waals surface area contributed by atoms with Gasteiger partial charge in [-0.2, -0.15) is 16.8 Å². The monoisotopic (exact) mass is 323 g/mol. The second-order valence-corrected chi connectivity index (χ2v) is 5.88. The zero-order chi connectivity index (χ0) is 14.8. The molecule has 1 fully saturated rings. The van der Waals surface area contributed by atoms with E-state index in [0.29, 0.717) is 0 Å². The van der Waals surface area contributed by atoms with E-state index in [1.165, 1.54) is 0 Å². The molecule has 0 aromatic rings. The lowest BCUT2D eigenvalue weighted by atomic mass is 10.0. The molecule has 1 heterocycles. The van der Waals surface area contributed by atoms with E-state index in [1.54, 1.807) is 0 Å². The molecule has 0 amide bonds. The number of hydrogen-bond acceptors (Lipinski definition) is 9. The third kappa shape index (κ3) is 6.07. The van der Waals surface area contributed by atoms with Gasteiger partial charge < -0.3 is 15.6 Å². The number of hydrogen-bond donors (Lipinski definition) is 4. The molecule has 11 nitrogen and oxygen atoms in total. The summed E-state index contributed by atoms with van der Waals surface area (Å²) < 4.78 is 71.8. The van der Waals surface area contributed by atoms with Crippen molar-refractivity contribution in [1.82, 2.24) is 0 Å². The third-order valence-corrected chi connectivity index (χ3v) is 3.16. The van der Waals surface area contributed by atoms with E-state index in [0.717, 1.165) is 0 Å². The maximum absolute atomic E-state index is 10.6. The summed E-state index contributed by atoms with van der Waals surface area (Å²) in [6, 6.07) is -1.27. The molecular formula is C6H13NO10S2. The molecular weight excluding hydrogens is 310 g/mol. The van der Waals surface area contributed by atoms with Crippen LogP contribution in [0.25, 0.3) is 0 Å². The van der Waals surface area contributed by atoms with Crippen LogP contribution in [-0.2, 0) is 33.9 Å². The lowest BCUT2D eigenvalue weighted by Crippen LogP contribution is -2.55. The lowest BCUT2D eigenvalue weighted by molar-refractivity contribution is -0.202. The van der Waals surface area contributed by atoms with E-state index < -0.39 is 51.9 Å². The van der Waals surface area contributed by atoms with Crippen LogP contribution in [0.15, 0.2) is 0 Å². The molecule has 0 aromatic heterocycles. The van der Waals surface area contributed by atoms with Crippen LogP contribution in [-0.4, -0.2) is 62.2 Å². The van der Waals surface area contributed by atoms with E-state index in [2.05, 4.69) is 8.37 Å². The van der Waals surface area contributed by atoms with Crippen LogP contribution < -0.4 is 5.73 Å². The molecule has 13 heteroatoms. The van der Waals surface area contributed by atoms with Crippen LogP contribution in [0, 0.1) is 0 Å². The predicted octanol–water partition coefficient (Wildman–Crippen LogP) is -2.57. The van der Waals surface area contributed by atoms with Gasteiger partial charge in [-0.25, -0.2) is 8.37 Å². The Hall–Kier alpha value is -0.380. The van der Waals surface area contributed by atoms with E-state index in [9.17, 15) is 21.9 Å². The summed E-state index contributed by atoms with van der Waals surface area (Å²) in [4.78, 5) is 0. The maximum atomic E-state index is 10.6. The molecule has 5 N–H and O–H groups in total. The molecule has 0 bridgehead atoms. The fraction of sp³-hybridized carbons (Fsp3) is 1.00. The summed E-state index contributed by atoms with van der Waals surface area (Å²) in [7, 11) is -9.51. The van der Waals surface area contributed by atoms with E-state index >= 15 is 0 Å². The van der Waals surface area contributed by atoms with Crippen molar-refractivity contribution in [2.45, 2.75) is 31.0 Å². The van der Waals surface area contributed by atoms with Gasteiger partial charge in [0.25, 0.3) is 0 Å². The highest BCUT2D eigenvalue weighted by Gasteiger charge is 2.39. The van der Waals surface area contributed by atoms with Gasteiger partial charge in [0.05, 0.1) is 18.8 Å². The Morgan fingerprint density at radius 3 is 2.26 bits per heavy atom. The summed E-state index contributed by atoms with van der Waals surface area (Å²) in [5.41, 5.74) is 5.39. The number of ether oxygens (including phenoxy) is 1. The Kier molecular flexibility index (Phi) is 5.21. The minimum atomic E-state index is -4.80. The van der Waals surface area contributed by atoms with Crippen LogP contribution in [0.5, 0.6) is 0 Å². The van der Waals surface area contributed by atoms with Crippen LogP contribution in [0.3, 0.4) is 0 Å². The average Bonchev–Trinajstić information content (AvgIpc) is 2.19. The Bertz CT molecular complexity index is 500. The molecule has 0 spiro atoms. The third-order valence-electron chi connectivity index (χ3n) is 2.23. The highest BCUT2D eigenvalue weighted by molar-refractivity contribution is 7.81. The smallest absolute Gasteiger partial charge is 0.367 e. The maximum Gasteiger partial charge on any atom is 0.397 e. The van der Waals surface area contributed by atoms with Crippen LogP contribution in [0.2, 0.25) is 0 Å². The average molecular weight is 323 g/mol. The molecule has 0 saturated carbocycles. The Balaban J connectivity index is 2.68. The second-order valence-electron chi connectivity index (χ2n) is 3.74. The van der Waals surface area contributed by atoms with Gasteiger partial charge in [0, 0.05) is 6.42 Å². The SMILES string of the molecule is NC1C(O)OC(COS(=O)(=O)O)C[C@H]1OS(=O)(=O)O. The molecule has 1 saturated heterocycles. The first-order chi connectivity index (χ1) is 8.48. The fourth-order valence-electron chi connectivity index (χ4n) is 1.47. The summed E-state index contributed by atoms with van der Waals surface area (Å²) >= 11 is 0. The Labute approximate surface area is 109 Å². The van der Waals surface area contributed by atoms with Crippen LogP contribution >= 0.6 is 0 Å². The largest absolute Gasteiger partial charge is 0.397 e. The van der Waals surface area contributed by atoms with Crippen molar-refractivity contribution in [3.8, 4) is 0 Å². The predicted molar refractivity (Wildman–Crippen MR) is 57.4 cm³/mol. The van der Waals surface area contributed by atoms with Gasteiger partial charge in [-0.15, -0.1) is 0 Å². The molecule has 1 aliphatic heterocycles. The second kappa shape index (κ2) is 5.94. The normalized spacial score (nSPS) is 33.3. The first-order valence-electron chi connectivity index (χ1n) is 4.84. The van der Waals surface area contributed by atoms with Crippen molar-refractivity contribution in [2.24, 2.45) is 5.73 Å². The first-order valence-corrected chi connectivity index (χ1v) is 7.57. The van der Waals surface area contributed by atoms with E-state index in [4.69, 9.17) is 19.6 Å². The number of aliphatic hydroxyl groups is 1. The van der Waals surface area contributed by atoms with Gasteiger partial charge >= 0.3 is 20.8 Å². The fourth-order valence-corrected chi connectivity index (χ4v) is 2.32. The molecule has 0 radical (unpaired) electrons. The van der Waals surface area contributed by atoms with Crippen molar-refractivity contribution >= 4 is 20.8 Å². The Morgan fingerprint density at radius 2 is 1.79 bits per heavy atom. The van der Waals surface area contributed by atoms with E-state index in [-0.39, 0.29) is 6.42 Å². The molecule has 4 atom stereocenters. The lowest BCUT2D eigenvalue weighted by Gasteiger charge is -2.36. The van der Waals surface area contributed by atoms with Crippen molar-refractivity contribution in [3.05, 3.63) is 0 Å². The summed E-state index contributed by atoms with van der Waals surface area (Å²) in [6.45, 7) is -0.687. The summed E-state index contributed by atoms with van der Waals surface area (Å²) in [6.07, 6.45) is -4.39. The van der Waals surface area contributed by atoms with E-state index in [1.807, 2.05) is 0 Å². The highest BCUT2D eigenvalue weighted by atomic mass is 32.3. The first kappa shape index (κ1) is 16.7. The number of aliphatic hydroxyl groups excluding tert-OH is 1. The zero-order valence-corrected chi connectivity index (χ0v) is 10.9. The van der Waals surface area contributed by atoms with Gasteiger partial charge in [-0.1, -0.05) is 0 Å². The number of rotatable bonds is 5. The van der Waals surface area contributed by atoms with Gasteiger partial charge in [-0.05, 0) is 0 Å². The molecule has 3 unspecified atom stereocenters. The quantitative estimate of drug-likeness (QED) is 0.390. The van der Waals surface area contributed by atoms with Crippen molar-refractivity contribution in [3.63, 3.8) is 0 Å². The van der Waals surface area contributed by atoms with Gasteiger partial charge in [0.1, 0.15) is 6.10 Å². The molecule has 1 rings (SSSR count). The Morgan fingerprint density at radius 1 is 1.21 bits per heavy atom. The molecule has 114 valence electrons. The van der Waals surface area contributed by atoms with Crippen molar-refractivity contribution in [2.75, 3.05) is 6.61 Å². The topological polar surface area (TPSA) is 183 Å². The van der Waals surface area contributed by atoms with Gasteiger partial charge in [-0.3, -0.25) is 9.11 Å². The molecule has 0 aromatic carbocycles. The van der Waals surface area contributed by atoms with Gasteiger partial charge in [0.15, 0.2) is 6.29 Å². The minimum Gasteiger partial charge on any atom is -0.367 e. The van der Waals surface area contributed by atoms with Crippen LogP contribution in [0.4, 0.5) is 0 Å². The summed E-state index contributed by atoms with van der Waals surface area (Å²) in [5, 5.41) is 9.37. The molecule has 1 aliphatic rings. The molecule has 19 heavy (non-hydrogen) atoms. The standard InChI is InChI=1S/C6H13NO10S2/c7-5-4(17-19(12,13)14)1-3(16-6(5)8)2-15-18(9,10)11/h3-6,8H,1-2,7H2,(H,9,10,11)(H,12,13,14)/t3?,4-,5?,6?/m1/s1. The number of nitrogens with two attached hydrogens (primary N) is 1. The van der Waals surface area contributed by atoms with Crippen molar-refractivity contribution in [1.29, 1.82) is 0 Å².